The minimum absolute atomic E-state index is 0.841. The molecule has 3 rings (SSSR count). The molecule has 2 aromatic heterocycles. The molecule has 0 aromatic carbocycles. The molecule has 0 aliphatic carbocycles. The number of ether oxygens (including phenoxy) is 1. The van der Waals surface area contributed by atoms with Gasteiger partial charge >= 0.3 is 0 Å². The highest BCUT2D eigenvalue weighted by Gasteiger charge is 2.10. The molecule has 19 heavy (non-hydrogen) atoms. The maximum Gasteiger partial charge on any atom is 0.154 e. The molecule has 102 valence electrons. The normalized spacial score (nSPS) is 16.9. The van der Waals surface area contributed by atoms with Gasteiger partial charge in [0.1, 0.15) is 5.52 Å². The number of aromatic nitrogens is 3. The minimum Gasteiger partial charge on any atom is -0.379 e. The van der Waals surface area contributed by atoms with Crippen molar-refractivity contribution in [3.63, 3.8) is 0 Å². The highest BCUT2D eigenvalue weighted by molar-refractivity contribution is 5.85. The molecule has 6 heteroatoms. The number of aryl methyl sites for hydroxylation is 1. The predicted molar refractivity (Wildman–Crippen MR) is 74.3 cm³/mol. The second kappa shape index (κ2) is 5.54. The topological polar surface area (TPSA) is 55.2 Å². The first-order valence-electron chi connectivity index (χ1n) is 6.64. The van der Waals surface area contributed by atoms with Crippen LogP contribution in [-0.2, 0) is 11.8 Å². The highest BCUT2D eigenvalue weighted by atomic mass is 16.5. The van der Waals surface area contributed by atoms with Crippen LogP contribution < -0.4 is 5.32 Å². The Balaban J connectivity index is 1.62. The quantitative estimate of drug-likeness (QED) is 0.878. The average Bonchev–Trinajstić information content (AvgIpc) is 2.83. The number of pyridine rings is 1. The van der Waals surface area contributed by atoms with Gasteiger partial charge < -0.3 is 14.6 Å². The van der Waals surface area contributed by atoms with Crippen molar-refractivity contribution in [3.8, 4) is 0 Å². The molecule has 0 radical (unpaired) electrons. The lowest BCUT2D eigenvalue weighted by atomic mass is 10.3. The molecular formula is C13H19N5O. The third-order valence-corrected chi connectivity index (χ3v) is 3.47. The molecule has 0 amide bonds. The van der Waals surface area contributed by atoms with Gasteiger partial charge in [0.15, 0.2) is 5.82 Å². The van der Waals surface area contributed by atoms with E-state index in [1.165, 1.54) is 0 Å². The summed E-state index contributed by atoms with van der Waals surface area (Å²) in [5.41, 5.74) is 2.04. The van der Waals surface area contributed by atoms with Crippen LogP contribution >= 0.6 is 0 Å². The van der Waals surface area contributed by atoms with Gasteiger partial charge in [-0.25, -0.2) is 9.97 Å². The molecule has 1 saturated heterocycles. The number of morpholine rings is 1. The predicted octanol–water partition coefficient (Wildman–Crippen LogP) is 0.712. The van der Waals surface area contributed by atoms with Gasteiger partial charge in [-0.1, -0.05) is 0 Å². The van der Waals surface area contributed by atoms with E-state index in [9.17, 15) is 0 Å². The van der Waals surface area contributed by atoms with Gasteiger partial charge in [0, 0.05) is 39.4 Å². The van der Waals surface area contributed by atoms with E-state index in [1.54, 1.807) is 0 Å². The fraction of sp³-hybridized carbons (Fsp3) is 0.538. The first-order valence-corrected chi connectivity index (χ1v) is 6.64. The van der Waals surface area contributed by atoms with Crippen molar-refractivity contribution >= 4 is 16.9 Å². The summed E-state index contributed by atoms with van der Waals surface area (Å²) >= 11 is 0. The molecule has 1 aliphatic heterocycles. The monoisotopic (exact) mass is 261 g/mol. The highest BCUT2D eigenvalue weighted by Crippen LogP contribution is 2.18. The van der Waals surface area contributed by atoms with E-state index in [1.807, 2.05) is 30.2 Å². The lowest BCUT2D eigenvalue weighted by molar-refractivity contribution is 0.0398. The van der Waals surface area contributed by atoms with Crippen LogP contribution in [0.15, 0.2) is 18.6 Å². The second-order valence-electron chi connectivity index (χ2n) is 4.76. The van der Waals surface area contributed by atoms with Crippen molar-refractivity contribution < 1.29 is 4.74 Å². The van der Waals surface area contributed by atoms with Gasteiger partial charge in [-0.2, -0.15) is 0 Å². The molecule has 3 heterocycles. The maximum absolute atomic E-state index is 5.34. The molecule has 0 atom stereocenters. The smallest absolute Gasteiger partial charge is 0.154 e. The molecule has 1 aliphatic rings. The first-order chi connectivity index (χ1) is 9.34. The number of hydrogen-bond donors (Lipinski definition) is 1. The van der Waals surface area contributed by atoms with Gasteiger partial charge in [0.05, 0.1) is 25.1 Å². The Morgan fingerprint density at radius 2 is 2.16 bits per heavy atom. The molecule has 0 saturated carbocycles. The molecule has 2 aromatic rings. The van der Waals surface area contributed by atoms with Crippen molar-refractivity contribution in [1.82, 2.24) is 19.4 Å². The molecular weight excluding hydrogens is 242 g/mol. The van der Waals surface area contributed by atoms with Gasteiger partial charge in [-0.3, -0.25) is 4.90 Å². The second-order valence-corrected chi connectivity index (χ2v) is 4.76. The average molecular weight is 261 g/mol. The molecule has 0 unspecified atom stereocenters. The standard InChI is InChI=1S/C13H19N5O/c1-17-10-16-12-11(17)2-3-14-13(12)15-4-5-18-6-8-19-9-7-18/h2-3,10H,4-9H2,1H3,(H,14,15). The van der Waals surface area contributed by atoms with E-state index in [4.69, 9.17) is 4.74 Å². The molecule has 1 N–H and O–H groups in total. The van der Waals surface area contributed by atoms with Crippen molar-refractivity contribution in [1.29, 1.82) is 0 Å². The van der Waals surface area contributed by atoms with Crippen LogP contribution in [0.4, 0.5) is 5.82 Å². The summed E-state index contributed by atoms with van der Waals surface area (Å²) in [4.78, 5) is 11.2. The van der Waals surface area contributed by atoms with E-state index >= 15 is 0 Å². The third-order valence-electron chi connectivity index (χ3n) is 3.47. The number of hydrogen-bond acceptors (Lipinski definition) is 5. The number of rotatable bonds is 4. The van der Waals surface area contributed by atoms with Gasteiger partial charge in [-0.05, 0) is 6.07 Å². The number of imidazole rings is 1. The fourth-order valence-electron chi connectivity index (χ4n) is 2.35. The van der Waals surface area contributed by atoms with Gasteiger partial charge in [-0.15, -0.1) is 0 Å². The van der Waals surface area contributed by atoms with E-state index in [0.717, 1.165) is 56.2 Å². The number of anilines is 1. The number of fused-ring (bicyclic) bond motifs is 1. The Bertz CT molecular complexity index is 547. The third kappa shape index (κ3) is 2.69. The van der Waals surface area contributed by atoms with E-state index < -0.39 is 0 Å². The SMILES string of the molecule is Cn1cnc2c(NCCN3CCOCC3)nccc21. The van der Waals surface area contributed by atoms with Crippen LogP contribution in [-0.4, -0.2) is 58.8 Å². The van der Waals surface area contributed by atoms with E-state index in [2.05, 4.69) is 20.2 Å². The Labute approximate surface area is 112 Å². The minimum atomic E-state index is 0.841. The van der Waals surface area contributed by atoms with E-state index in [0.29, 0.717) is 0 Å². The summed E-state index contributed by atoms with van der Waals surface area (Å²) in [5.74, 6) is 0.867. The fourth-order valence-corrected chi connectivity index (χ4v) is 2.35. The Hall–Kier alpha value is -1.66. The number of nitrogens with one attached hydrogen (secondary N) is 1. The summed E-state index contributed by atoms with van der Waals surface area (Å²) in [5, 5.41) is 3.38. The molecule has 6 nitrogen and oxygen atoms in total. The van der Waals surface area contributed by atoms with Crippen LogP contribution in [0.25, 0.3) is 11.0 Å². The number of nitrogens with zero attached hydrogens (tertiary/aromatic N) is 4. The lowest BCUT2D eigenvalue weighted by Gasteiger charge is -2.26. The van der Waals surface area contributed by atoms with Gasteiger partial charge in [0.2, 0.25) is 0 Å². The van der Waals surface area contributed by atoms with Gasteiger partial charge in [0.25, 0.3) is 0 Å². The van der Waals surface area contributed by atoms with Crippen molar-refractivity contribution in [3.05, 3.63) is 18.6 Å². The lowest BCUT2D eigenvalue weighted by Crippen LogP contribution is -2.39. The Morgan fingerprint density at radius 3 is 3.00 bits per heavy atom. The molecule has 0 bridgehead atoms. The van der Waals surface area contributed by atoms with Crippen LogP contribution in [0, 0.1) is 0 Å². The summed E-state index contributed by atoms with van der Waals surface area (Å²) < 4.78 is 7.34. The molecule has 0 spiro atoms. The summed E-state index contributed by atoms with van der Waals surface area (Å²) in [6, 6.07) is 1.98. The van der Waals surface area contributed by atoms with Crippen molar-refractivity contribution in [2.75, 3.05) is 44.7 Å². The summed E-state index contributed by atoms with van der Waals surface area (Å²) in [6.07, 6.45) is 3.64. The Kier molecular flexibility index (Phi) is 3.61. The zero-order chi connectivity index (χ0) is 13.1. The zero-order valence-corrected chi connectivity index (χ0v) is 11.2. The Morgan fingerprint density at radius 1 is 1.32 bits per heavy atom. The van der Waals surface area contributed by atoms with Crippen molar-refractivity contribution in [2.24, 2.45) is 7.05 Å². The van der Waals surface area contributed by atoms with Crippen LogP contribution in [0.2, 0.25) is 0 Å². The zero-order valence-electron chi connectivity index (χ0n) is 11.2. The van der Waals surface area contributed by atoms with Crippen LogP contribution in [0.5, 0.6) is 0 Å². The first kappa shape index (κ1) is 12.4. The van der Waals surface area contributed by atoms with E-state index in [-0.39, 0.29) is 0 Å². The largest absolute Gasteiger partial charge is 0.379 e. The maximum atomic E-state index is 5.34. The van der Waals surface area contributed by atoms with Crippen molar-refractivity contribution in [2.45, 2.75) is 0 Å². The van der Waals surface area contributed by atoms with Crippen LogP contribution in [0.3, 0.4) is 0 Å². The summed E-state index contributed by atoms with van der Waals surface area (Å²) in [7, 11) is 1.99. The molecule has 1 fully saturated rings. The van der Waals surface area contributed by atoms with Crippen LogP contribution in [0.1, 0.15) is 0 Å². The summed E-state index contributed by atoms with van der Waals surface area (Å²) in [6.45, 7) is 5.60.